The van der Waals surface area contributed by atoms with Gasteiger partial charge in [0.1, 0.15) is 18.3 Å². The second-order valence-corrected chi connectivity index (χ2v) is 8.95. The Morgan fingerprint density at radius 2 is 2.06 bits per heavy atom. The number of aromatic nitrogens is 6. The summed E-state index contributed by atoms with van der Waals surface area (Å²) in [4.78, 5) is 26.2. The van der Waals surface area contributed by atoms with Gasteiger partial charge in [0, 0.05) is 50.9 Å². The van der Waals surface area contributed by atoms with Gasteiger partial charge < -0.3 is 19.4 Å². The lowest BCUT2D eigenvalue weighted by atomic mass is 9.99. The minimum absolute atomic E-state index is 0.0156. The predicted molar refractivity (Wildman–Crippen MR) is 122 cm³/mol. The molecule has 0 radical (unpaired) electrons. The van der Waals surface area contributed by atoms with Crippen LogP contribution in [0.15, 0.2) is 12.5 Å². The average Bonchev–Trinajstić information content (AvgIpc) is 3.52. The molecule has 1 N–H and O–H groups in total. The molecule has 2 aliphatic rings. The zero-order valence-corrected chi connectivity index (χ0v) is 19.5. The molecule has 176 valence electrons. The maximum Gasteiger partial charge on any atom is 0.245 e. The summed E-state index contributed by atoms with van der Waals surface area (Å²) in [5.41, 5.74) is 3.40. The molecular weight excluding hydrogens is 422 g/mol. The van der Waals surface area contributed by atoms with Gasteiger partial charge in [0.15, 0.2) is 11.2 Å². The molecule has 1 amide bonds. The Kier molecular flexibility index (Phi) is 6.01. The quantitative estimate of drug-likeness (QED) is 0.610. The van der Waals surface area contributed by atoms with Crippen LogP contribution < -0.4 is 10.1 Å². The smallest absolute Gasteiger partial charge is 0.245 e. The molecule has 0 aromatic carbocycles. The fourth-order valence-electron chi connectivity index (χ4n) is 4.91. The summed E-state index contributed by atoms with van der Waals surface area (Å²) < 4.78 is 15.6. The maximum atomic E-state index is 12.6. The van der Waals surface area contributed by atoms with Crippen LogP contribution in [0.2, 0.25) is 0 Å². The Labute approximate surface area is 192 Å². The molecule has 33 heavy (non-hydrogen) atoms. The van der Waals surface area contributed by atoms with E-state index < -0.39 is 0 Å². The summed E-state index contributed by atoms with van der Waals surface area (Å²) in [6.07, 6.45) is 7.48. The van der Waals surface area contributed by atoms with E-state index in [1.165, 1.54) is 6.33 Å². The van der Waals surface area contributed by atoms with Crippen LogP contribution >= 0.6 is 0 Å². The molecule has 0 bridgehead atoms. The molecule has 0 spiro atoms. The van der Waals surface area contributed by atoms with E-state index in [1.54, 1.807) is 0 Å². The maximum absolute atomic E-state index is 12.6. The molecule has 3 aromatic heterocycles. The van der Waals surface area contributed by atoms with Crippen molar-refractivity contribution in [2.75, 3.05) is 13.2 Å². The van der Waals surface area contributed by atoms with E-state index in [9.17, 15) is 4.79 Å². The zero-order chi connectivity index (χ0) is 22.9. The summed E-state index contributed by atoms with van der Waals surface area (Å²) in [7, 11) is 1.95. The molecule has 3 aromatic rings. The summed E-state index contributed by atoms with van der Waals surface area (Å²) in [6.45, 7) is 6.25. The monoisotopic (exact) mass is 453 g/mol. The molecular formula is C23H31N7O3. The van der Waals surface area contributed by atoms with Gasteiger partial charge in [-0.3, -0.25) is 9.48 Å². The van der Waals surface area contributed by atoms with Crippen LogP contribution in [0, 0.1) is 12.8 Å². The number of nitrogens with one attached hydrogen (secondary N) is 1. The standard InChI is InChI=1S/C23H31N7O3/c1-4-30-14(2)18(12-26-30)20-28-19-21(29(20)3)24-13-25-23(19)33-17-6-5-16(11-17)27-22(31)15-7-9-32-10-8-15/h12-13,15-17H,4-11H2,1-3H3,(H,27,31)/t16-,17+/m0/s1. The van der Waals surface area contributed by atoms with Gasteiger partial charge in [-0.25, -0.2) is 9.97 Å². The Morgan fingerprint density at radius 1 is 1.24 bits per heavy atom. The molecule has 4 heterocycles. The lowest BCUT2D eigenvalue weighted by Crippen LogP contribution is -2.40. The molecule has 1 saturated heterocycles. The molecule has 5 rings (SSSR count). The third-order valence-corrected chi connectivity index (χ3v) is 6.87. The average molecular weight is 454 g/mol. The van der Waals surface area contributed by atoms with Gasteiger partial charge >= 0.3 is 0 Å². The number of fused-ring (bicyclic) bond motifs is 1. The molecule has 1 saturated carbocycles. The molecule has 10 heteroatoms. The molecule has 1 aliphatic heterocycles. The molecule has 2 atom stereocenters. The number of ether oxygens (including phenoxy) is 2. The number of amides is 1. The second kappa shape index (κ2) is 9.09. The summed E-state index contributed by atoms with van der Waals surface area (Å²) >= 11 is 0. The summed E-state index contributed by atoms with van der Waals surface area (Å²) in [5, 5.41) is 7.66. The Balaban J connectivity index is 1.30. The van der Waals surface area contributed by atoms with Crippen molar-refractivity contribution in [2.45, 2.75) is 64.6 Å². The van der Waals surface area contributed by atoms with Gasteiger partial charge in [0.25, 0.3) is 0 Å². The van der Waals surface area contributed by atoms with Crippen LogP contribution in [0.5, 0.6) is 5.88 Å². The fourth-order valence-corrected chi connectivity index (χ4v) is 4.91. The van der Waals surface area contributed by atoms with Crippen LogP contribution in [0.3, 0.4) is 0 Å². The topological polar surface area (TPSA) is 109 Å². The largest absolute Gasteiger partial charge is 0.473 e. The molecule has 0 unspecified atom stereocenters. The first kappa shape index (κ1) is 21.8. The van der Waals surface area contributed by atoms with E-state index in [2.05, 4.69) is 27.3 Å². The molecule has 2 fully saturated rings. The summed E-state index contributed by atoms with van der Waals surface area (Å²) in [5.74, 6) is 1.49. The van der Waals surface area contributed by atoms with Crippen molar-refractivity contribution in [2.24, 2.45) is 13.0 Å². The normalized spacial score (nSPS) is 21.5. The van der Waals surface area contributed by atoms with Crippen molar-refractivity contribution < 1.29 is 14.3 Å². The highest BCUT2D eigenvalue weighted by Crippen LogP contribution is 2.31. The number of hydrogen-bond acceptors (Lipinski definition) is 7. The van der Waals surface area contributed by atoms with Crippen LogP contribution in [0.1, 0.15) is 44.7 Å². The van der Waals surface area contributed by atoms with E-state index in [-0.39, 0.29) is 24.0 Å². The van der Waals surface area contributed by atoms with Gasteiger partial charge in [-0.2, -0.15) is 10.1 Å². The van der Waals surface area contributed by atoms with Crippen molar-refractivity contribution in [1.29, 1.82) is 0 Å². The Bertz CT molecular complexity index is 1150. The Morgan fingerprint density at radius 3 is 2.82 bits per heavy atom. The number of hydrogen-bond donors (Lipinski definition) is 1. The Hall–Kier alpha value is -3.01. The van der Waals surface area contributed by atoms with Crippen molar-refractivity contribution in [1.82, 2.24) is 34.6 Å². The number of aryl methyl sites for hydroxylation is 2. The lowest BCUT2D eigenvalue weighted by Gasteiger charge is -2.23. The molecule has 1 aliphatic carbocycles. The highest BCUT2D eigenvalue weighted by atomic mass is 16.5. The van der Waals surface area contributed by atoms with E-state index in [1.807, 2.05) is 29.4 Å². The SMILES string of the molecule is CCn1ncc(-c2nc3c(O[C@@H]4CC[C@H](NC(=O)C5CCOCC5)C4)ncnc3n2C)c1C. The van der Waals surface area contributed by atoms with Crippen LogP contribution in [0.25, 0.3) is 22.6 Å². The van der Waals surface area contributed by atoms with E-state index in [0.717, 1.165) is 61.4 Å². The number of carbonyl (C=O) groups excluding carboxylic acids is 1. The van der Waals surface area contributed by atoms with Crippen molar-refractivity contribution in [3.05, 3.63) is 18.2 Å². The van der Waals surface area contributed by atoms with Gasteiger partial charge in [-0.05, 0) is 39.5 Å². The first-order chi connectivity index (χ1) is 16.0. The zero-order valence-electron chi connectivity index (χ0n) is 19.5. The van der Waals surface area contributed by atoms with Crippen molar-refractivity contribution >= 4 is 17.1 Å². The van der Waals surface area contributed by atoms with Gasteiger partial charge in [-0.15, -0.1) is 0 Å². The number of rotatable bonds is 6. The van der Waals surface area contributed by atoms with Gasteiger partial charge in [0.2, 0.25) is 11.8 Å². The highest BCUT2D eigenvalue weighted by molar-refractivity contribution is 5.81. The number of imidazole rings is 1. The third kappa shape index (κ3) is 4.19. The van der Waals surface area contributed by atoms with Crippen LogP contribution in [-0.4, -0.2) is 60.6 Å². The van der Waals surface area contributed by atoms with E-state index >= 15 is 0 Å². The predicted octanol–water partition coefficient (Wildman–Crippen LogP) is 2.40. The molecule has 10 nitrogen and oxygen atoms in total. The van der Waals surface area contributed by atoms with Crippen LogP contribution in [0.4, 0.5) is 0 Å². The minimum Gasteiger partial charge on any atom is -0.473 e. The van der Waals surface area contributed by atoms with E-state index in [4.69, 9.17) is 14.5 Å². The van der Waals surface area contributed by atoms with Crippen molar-refractivity contribution in [3.8, 4) is 17.3 Å². The number of carbonyl (C=O) groups is 1. The van der Waals surface area contributed by atoms with Gasteiger partial charge in [0.05, 0.1) is 11.8 Å². The van der Waals surface area contributed by atoms with Crippen molar-refractivity contribution in [3.63, 3.8) is 0 Å². The lowest BCUT2D eigenvalue weighted by molar-refractivity contribution is -0.128. The summed E-state index contributed by atoms with van der Waals surface area (Å²) in [6, 6.07) is 0.129. The first-order valence-corrected chi connectivity index (χ1v) is 11.8. The number of nitrogens with zero attached hydrogens (tertiary/aromatic N) is 6. The van der Waals surface area contributed by atoms with Gasteiger partial charge in [-0.1, -0.05) is 0 Å². The van der Waals surface area contributed by atoms with Crippen LogP contribution in [-0.2, 0) is 23.1 Å². The fraction of sp³-hybridized carbons (Fsp3) is 0.609. The minimum atomic E-state index is -0.0156. The third-order valence-electron chi connectivity index (χ3n) is 6.87. The second-order valence-electron chi connectivity index (χ2n) is 8.95. The highest BCUT2D eigenvalue weighted by Gasteiger charge is 2.31. The van der Waals surface area contributed by atoms with E-state index in [0.29, 0.717) is 24.6 Å². The first-order valence-electron chi connectivity index (χ1n) is 11.8.